The largest absolute Gasteiger partial charge is 0.261 e. The van der Waals surface area contributed by atoms with Gasteiger partial charge in [-0.2, -0.15) is 0 Å². The predicted octanol–water partition coefficient (Wildman–Crippen LogP) is 5.85. The quantitative estimate of drug-likeness (QED) is 0.255. The van der Waals surface area contributed by atoms with Gasteiger partial charge in [-0.1, -0.05) is 12.1 Å². The van der Waals surface area contributed by atoms with Crippen LogP contribution in [0.1, 0.15) is 11.4 Å². The second kappa shape index (κ2) is 20.6. The molecule has 164 valence electrons. The van der Waals surface area contributed by atoms with Gasteiger partial charge in [-0.05, 0) is 48.5 Å². The third kappa shape index (κ3) is 13.3. The molecule has 0 aliphatic rings. The van der Waals surface area contributed by atoms with Crippen molar-refractivity contribution in [3.05, 3.63) is 84.4 Å². The van der Waals surface area contributed by atoms with E-state index in [0.717, 1.165) is 29.2 Å². The summed E-state index contributed by atoms with van der Waals surface area (Å²) in [4.78, 5) is 17.3. The minimum Gasteiger partial charge on any atom is -0.261 e. The first-order valence-electron chi connectivity index (χ1n) is 7.38. The van der Waals surface area contributed by atoms with Gasteiger partial charge in [-0.15, -0.1) is 49.6 Å². The number of pyridine rings is 2. The van der Waals surface area contributed by atoms with Gasteiger partial charge in [-0.3, -0.25) is 20.0 Å². The zero-order valence-electron chi connectivity index (χ0n) is 14.8. The van der Waals surface area contributed by atoms with E-state index < -0.39 is 0 Å². The van der Waals surface area contributed by atoms with Crippen LogP contribution in [0.3, 0.4) is 0 Å². The zero-order chi connectivity index (χ0) is 15.7. The van der Waals surface area contributed by atoms with Crippen LogP contribution in [0, 0.1) is 0 Å². The minimum atomic E-state index is 0. The van der Waals surface area contributed by atoms with E-state index in [-0.39, 0.29) is 90.5 Å². The summed E-state index contributed by atoms with van der Waals surface area (Å²) in [7, 11) is 0. The first-order valence-corrected chi connectivity index (χ1v) is 7.38. The van der Waals surface area contributed by atoms with Crippen molar-refractivity contribution in [1.29, 1.82) is 0 Å². The van der Waals surface area contributed by atoms with Crippen LogP contribution in [0.2, 0.25) is 0 Å². The second-order valence-electron chi connectivity index (χ2n) is 4.87. The van der Waals surface area contributed by atoms with Crippen molar-refractivity contribution in [2.24, 2.45) is 9.98 Å². The fourth-order valence-corrected chi connectivity index (χ4v) is 1.98. The Labute approximate surface area is 223 Å². The smallest absolute Gasteiger partial charge is 0.0812 e. The van der Waals surface area contributed by atoms with Crippen LogP contribution in [0.5, 0.6) is 0 Å². The standard InChI is InChI=1S/C19H16N4.4ClH.2Pd/c1-3-12-20-16(5-1)11-14-22-17-7-9-18(10-8-17)23-15-19-6-2-4-13-21-19;;;;;;/h1-10,12-15H,11H2;4*1H;;. The minimum absolute atomic E-state index is 0. The van der Waals surface area contributed by atoms with Crippen molar-refractivity contribution in [2.45, 2.75) is 6.42 Å². The molecule has 3 aromatic rings. The normalized spacial score (nSPS) is 8.97. The summed E-state index contributed by atoms with van der Waals surface area (Å²) in [6, 6.07) is 19.4. The van der Waals surface area contributed by atoms with Gasteiger partial charge >= 0.3 is 0 Å². The number of halogens is 4. The predicted molar refractivity (Wildman–Crippen MR) is 123 cm³/mol. The van der Waals surface area contributed by atoms with Gasteiger partial charge in [-0.25, -0.2) is 0 Å². The van der Waals surface area contributed by atoms with Gasteiger partial charge in [0.2, 0.25) is 0 Å². The molecule has 2 aromatic heterocycles. The van der Waals surface area contributed by atoms with Crippen LogP contribution in [0.4, 0.5) is 11.4 Å². The van der Waals surface area contributed by atoms with E-state index in [1.54, 1.807) is 18.6 Å². The fraction of sp³-hybridized carbons (Fsp3) is 0.0526. The second-order valence-corrected chi connectivity index (χ2v) is 4.87. The molecule has 0 N–H and O–H groups in total. The Bertz CT molecular complexity index is 805. The number of hydrogen-bond acceptors (Lipinski definition) is 4. The van der Waals surface area contributed by atoms with Crippen molar-refractivity contribution in [2.75, 3.05) is 0 Å². The molecule has 0 atom stereocenters. The first-order chi connectivity index (χ1) is 11.4. The molecule has 0 saturated heterocycles. The Morgan fingerprint density at radius 2 is 1.21 bits per heavy atom. The van der Waals surface area contributed by atoms with Gasteiger partial charge in [0, 0.05) is 71.6 Å². The number of benzene rings is 1. The van der Waals surface area contributed by atoms with Crippen LogP contribution in [-0.4, -0.2) is 22.4 Å². The number of rotatable bonds is 5. The maximum absolute atomic E-state index is 4.43. The molecule has 4 nitrogen and oxygen atoms in total. The van der Waals surface area contributed by atoms with Gasteiger partial charge in [0.15, 0.2) is 0 Å². The maximum Gasteiger partial charge on any atom is 0.0812 e. The summed E-state index contributed by atoms with van der Waals surface area (Å²) in [6.07, 6.45) is 7.88. The van der Waals surface area contributed by atoms with E-state index in [2.05, 4.69) is 20.0 Å². The van der Waals surface area contributed by atoms with Gasteiger partial charge in [0.1, 0.15) is 0 Å². The van der Waals surface area contributed by atoms with E-state index in [1.165, 1.54) is 0 Å². The van der Waals surface area contributed by atoms with Gasteiger partial charge in [0.25, 0.3) is 0 Å². The van der Waals surface area contributed by atoms with E-state index in [0.29, 0.717) is 0 Å². The van der Waals surface area contributed by atoms with Crippen LogP contribution >= 0.6 is 49.6 Å². The number of aliphatic imine (C=N–C) groups is 2. The fourth-order valence-electron chi connectivity index (χ4n) is 1.98. The third-order valence-electron chi connectivity index (χ3n) is 3.15. The Balaban J connectivity index is -0.000000521. The third-order valence-corrected chi connectivity index (χ3v) is 3.15. The Morgan fingerprint density at radius 1 is 0.655 bits per heavy atom. The van der Waals surface area contributed by atoms with E-state index >= 15 is 0 Å². The average molecular weight is 659 g/mol. The van der Waals surface area contributed by atoms with Gasteiger partial charge in [0.05, 0.1) is 23.3 Å². The van der Waals surface area contributed by atoms with Crippen molar-refractivity contribution in [3.8, 4) is 0 Å². The molecule has 0 amide bonds. The van der Waals surface area contributed by atoms with E-state index in [4.69, 9.17) is 0 Å². The Hall–Kier alpha value is -0.655. The van der Waals surface area contributed by atoms with E-state index in [1.807, 2.05) is 66.9 Å². The Kier molecular flexibility index (Phi) is 25.4. The van der Waals surface area contributed by atoms with Crippen molar-refractivity contribution >= 4 is 73.4 Å². The monoisotopic (exact) mass is 656 g/mol. The summed E-state index contributed by atoms with van der Waals surface area (Å²) >= 11 is 0. The van der Waals surface area contributed by atoms with Crippen molar-refractivity contribution in [1.82, 2.24) is 9.97 Å². The van der Waals surface area contributed by atoms with Gasteiger partial charge < -0.3 is 0 Å². The molecule has 0 unspecified atom stereocenters. The molecule has 1 aromatic carbocycles. The Morgan fingerprint density at radius 3 is 1.72 bits per heavy atom. The molecular formula is C19H20Cl4N4Pd2. The number of nitrogens with zero attached hydrogens (tertiary/aromatic N) is 4. The maximum atomic E-state index is 4.43. The molecule has 0 saturated carbocycles. The zero-order valence-corrected chi connectivity index (χ0v) is 21.2. The molecule has 2 heterocycles. The van der Waals surface area contributed by atoms with Crippen LogP contribution < -0.4 is 0 Å². The molecule has 0 aliphatic heterocycles. The molecule has 3 rings (SSSR count). The van der Waals surface area contributed by atoms with Crippen LogP contribution in [0.25, 0.3) is 0 Å². The molecule has 10 heteroatoms. The summed E-state index contributed by atoms with van der Waals surface area (Å²) in [5.41, 5.74) is 3.62. The van der Waals surface area contributed by atoms with E-state index in [9.17, 15) is 0 Å². The first kappa shape index (κ1) is 35.8. The summed E-state index contributed by atoms with van der Waals surface area (Å²) in [6.45, 7) is 0. The molecule has 29 heavy (non-hydrogen) atoms. The topological polar surface area (TPSA) is 50.5 Å². The SMILES string of the molecule is C(Cc1ccccn1)=Nc1ccc(N=Cc2ccccn2)cc1.Cl.Cl.Cl.Cl.[Pd].[Pd]. The van der Waals surface area contributed by atoms with Crippen molar-refractivity contribution in [3.63, 3.8) is 0 Å². The number of aromatic nitrogens is 2. The summed E-state index contributed by atoms with van der Waals surface area (Å²) < 4.78 is 0. The molecular weight excluding hydrogens is 639 g/mol. The molecule has 0 aliphatic carbocycles. The number of hydrogen-bond donors (Lipinski definition) is 0. The van der Waals surface area contributed by atoms with Crippen molar-refractivity contribution < 1.29 is 40.8 Å². The summed E-state index contributed by atoms with van der Waals surface area (Å²) in [5, 5.41) is 0. The molecule has 0 spiro atoms. The van der Waals surface area contributed by atoms with Crippen LogP contribution in [0.15, 0.2) is 83.0 Å². The molecule has 0 fully saturated rings. The summed E-state index contributed by atoms with van der Waals surface area (Å²) in [5.74, 6) is 0. The average Bonchev–Trinajstić information content (AvgIpc) is 2.63. The molecule has 0 radical (unpaired) electrons. The van der Waals surface area contributed by atoms with Crippen LogP contribution in [-0.2, 0) is 47.3 Å². The molecule has 0 bridgehead atoms.